The number of urea groups is 1. The molecule has 0 bridgehead atoms. The fraction of sp³-hybridized carbons (Fsp3) is 0.425. The molecule has 2 fully saturated rings. The summed E-state index contributed by atoms with van der Waals surface area (Å²) in [6.45, 7) is 3.08. The number of hydrogen-bond donors (Lipinski definition) is 5. The van der Waals surface area contributed by atoms with Gasteiger partial charge in [0.1, 0.15) is 0 Å². The van der Waals surface area contributed by atoms with Crippen LogP contribution in [0.1, 0.15) is 58.8 Å². The number of aromatic nitrogens is 4. The number of unbranched alkanes of at least 4 members (excludes halogenated alkanes) is 1. The predicted octanol–water partition coefficient (Wildman–Crippen LogP) is 0.0743. The van der Waals surface area contributed by atoms with Crippen molar-refractivity contribution in [3.05, 3.63) is 120 Å². The monoisotopic (exact) mass is 989 g/mol. The van der Waals surface area contributed by atoms with Crippen LogP contribution in [0.5, 0.6) is 0 Å². The summed E-state index contributed by atoms with van der Waals surface area (Å²) >= 11 is 1.88. The smallest absolute Gasteiger partial charge is 0.315 e. The zero-order chi connectivity index (χ0) is 42.7. The number of hydrogen-bond acceptors (Lipinski definition) is 14. The van der Waals surface area contributed by atoms with Gasteiger partial charge in [-0.1, -0.05) is 24.6 Å². The van der Waals surface area contributed by atoms with Gasteiger partial charge in [-0.05, 0) is 74.5 Å². The van der Waals surface area contributed by atoms with Crippen molar-refractivity contribution in [2.45, 2.75) is 75.3 Å². The van der Waals surface area contributed by atoms with Crippen LogP contribution >= 0.6 is 19.6 Å². The molecule has 2 unspecified atom stereocenters. The normalized spacial score (nSPS) is 17.0. The number of carbonyl (C=O) groups is 3. The average Bonchev–Trinajstić information content (AvgIpc) is 3.77. The topological polar surface area (TPSA) is 264 Å². The average molecular weight is 993 g/mol. The van der Waals surface area contributed by atoms with Crippen molar-refractivity contribution in [1.82, 2.24) is 51.0 Å². The summed E-state index contributed by atoms with van der Waals surface area (Å²) in [5.41, 5.74) is 3.74. The minimum atomic E-state index is -5.14. The zero-order valence-electron chi connectivity index (χ0n) is 34.4. The van der Waals surface area contributed by atoms with Gasteiger partial charge in [-0.25, -0.2) is 4.79 Å². The second kappa shape index (κ2) is 27.6. The van der Waals surface area contributed by atoms with Crippen LogP contribution in [-0.2, 0) is 74.5 Å². The molecule has 0 aromatic carbocycles. The number of carbonyl (C=O) groups excluding carboxylic acids is 3. The van der Waals surface area contributed by atoms with E-state index in [1.54, 1.807) is 30.7 Å². The molecule has 5 N–H and O–H groups in total. The Labute approximate surface area is 391 Å². The summed E-state index contributed by atoms with van der Waals surface area (Å²) in [7, 11) is -5.14. The van der Waals surface area contributed by atoms with Crippen molar-refractivity contribution in [2.75, 3.05) is 31.9 Å². The Kier molecular flexibility index (Phi) is 23.4. The third kappa shape index (κ3) is 19.8. The van der Waals surface area contributed by atoms with E-state index in [0.29, 0.717) is 63.0 Å². The van der Waals surface area contributed by atoms with Gasteiger partial charge in [0.05, 0.1) is 48.2 Å². The van der Waals surface area contributed by atoms with Gasteiger partial charge in [0.2, 0.25) is 5.91 Å². The maximum Gasteiger partial charge on any atom is 0.315 e. The van der Waals surface area contributed by atoms with Crippen LogP contribution in [0.2, 0.25) is 0 Å². The van der Waals surface area contributed by atoms with Crippen molar-refractivity contribution >= 4 is 37.4 Å². The van der Waals surface area contributed by atoms with Crippen LogP contribution in [0.3, 0.4) is 0 Å². The van der Waals surface area contributed by atoms with Gasteiger partial charge in [-0.3, -0.25) is 39.3 Å². The summed E-state index contributed by atoms with van der Waals surface area (Å²) in [6.07, 6.45) is 8.93. The van der Waals surface area contributed by atoms with Gasteiger partial charge in [0, 0.05) is 120 Å². The van der Waals surface area contributed by atoms with E-state index in [1.807, 2.05) is 71.3 Å². The Hall–Kier alpha value is -3.60. The molecule has 6 rings (SSSR count). The van der Waals surface area contributed by atoms with Crippen LogP contribution < -0.4 is 36.2 Å². The number of pyridine rings is 4. The van der Waals surface area contributed by atoms with Crippen LogP contribution in [-0.4, -0.2) is 108 Å². The van der Waals surface area contributed by atoms with Crippen molar-refractivity contribution < 1.29 is 77.7 Å². The second-order valence-corrected chi connectivity index (χ2v) is 16.6. The van der Waals surface area contributed by atoms with Gasteiger partial charge in [0.25, 0.3) is 5.91 Å². The number of fused-ring (bicyclic) bond motifs is 1. The Morgan fingerprint density at radius 1 is 0.790 bits per heavy atom. The summed E-state index contributed by atoms with van der Waals surface area (Å²) in [4.78, 5) is 83.2. The van der Waals surface area contributed by atoms with Crippen molar-refractivity contribution in [2.24, 2.45) is 0 Å². The molecule has 2 aliphatic rings. The first-order chi connectivity index (χ1) is 28.9. The Balaban J connectivity index is 0.00000138. The summed E-state index contributed by atoms with van der Waals surface area (Å²) < 4.78 is 8.66. The molecule has 0 aliphatic carbocycles. The fourth-order valence-electron chi connectivity index (χ4n) is 6.89. The molecule has 326 valence electrons. The van der Waals surface area contributed by atoms with Crippen LogP contribution in [0.4, 0.5) is 4.79 Å². The van der Waals surface area contributed by atoms with E-state index in [2.05, 4.69) is 46.1 Å². The van der Waals surface area contributed by atoms with E-state index in [9.17, 15) is 19.5 Å². The van der Waals surface area contributed by atoms with Crippen LogP contribution in [0.25, 0.3) is 0 Å². The molecule has 18 nitrogen and oxygen atoms in total. The van der Waals surface area contributed by atoms with Gasteiger partial charge in [0.15, 0.2) is 0 Å². The molecule has 0 spiro atoms. The van der Waals surface area contributed by atoms with Crippen LogP contribution in [0.15, 0.2) is 91.5 Å². The first kappa shape index (κ1) is 52.7. The second-order valence-electron chi connectivity index (χ2n) is 14.4. The van der Waals surface area contributed by atoms with Gasteiger partial charge in [-0.15, -0.1) is 6.10 Å². The van der Waals surface area contributed by atoms with E-state index >= 15 is 0 Å². The molecule has 22 heteroatoms. The number of nitrogens with one attached hydrogen (secondary N) is 4. The number of amides is 4. The molecule has 4 aromatic rings. The van der Waals surface area contributed by atoms with Crippen molar-refractivity contribution in [3.63, 3.8) is 0 Å². The number of phosphoric acid groups is 1. The zero-order valence-corrected chi connectivity index (χ0v) is 42.1. The molecule has 6 heterocycles. The molecular formula is C40H50N10O8PSZn2-3. The molecular weight excluding hydrogens is 942 g/mol. The van der Waals surface area contributed by atoms with Gasteiger partial charge < -0.3 is 45.6 Å². The standard InChI is InChI=1S/C40H49N10O4S.H3O4P.2Zn/c51-34(26-49(22-30-9-3-6-16-41-30)23-31-10-4-7-17-42-31)27-50(24-32-11-5-8-18-43-32)25-33-15-14-29(21-46-33)39(53)45-20-19-44-37(52)13-2-1-12-36-38-35(28-55-36)47-40(54)48-38;1-5(2,3)4;;/h3-11,14-18,21,34-36,38H,1-2,12-13,19-20,22-28H2,(H,44,52)(H,45,53)(H2,47,48,54);(H3,1,2,3,4);;/q-1;;;/p-2/t34?,35-,36?,38-;;;/m0.../s1. The maximum absolute atomic E-state index is 13.7. The minimum absolute atomic E-state index is 0. The largest absolute Gasteiger partial charge is 0.850 e. The maximum atomic E-state index is 13.7. The van der Waals surface area contributed by atoms with E-state index in [4.69, 9.17) is 19.2 Å². The van der Waals surface area contributed by atoms with E-state index in [0.717, 1.165) is 47.8 Å². The predicted molar refractivity (Wildman–Crippen MR) is 218 cm³/mol. The fourth-order valence-corrected chi connectivity index (χ4v) is 8.43. The van der Waals surface area contributed by atoms with Crippen LogP contribution in [0, 0.1) is 0 Å². The number of nitrogens with zero attached hydrogens (tertiary/aromatic N) is 6. The summed E-state index contributed by atoms with van der Waals surface area (Å²) in [5, 5.41) is 25.8. The first-order valence-electron chi connectivity index (χ1n) is 19.6. The van der Waals surface area contributed by atoms with Gasteiger partial charge >= 0.3 is 6.03 Å². The Morgan fingerprint density at radius 3 is 1.79 bits per heavy atom. The third-order valence-electron chi connectivity index (χ3n) is 9.54. The molecule has 4 atom stereocenters. The Morgan fingerprint density at radius 2 is 1.31 bits per heavy atom. The minimum Gasteiger partial charge on any atom is -0.850 e. The third-order valence-corrected chi connectivity index (χ3v) is 11.1. The van der Waals surface area contributed by atoms with Crippen molar-refractivity contribution in [3.8, 4) is 0 Å². The summed E-state index contributed by atoms with van der Waals surface area (Å²) in [6, 6.07) is 21.1. The molecule has 62 heavy (non-hydrogen) atoms. The molecule has 0 radical (unpaired) electrons. The molecule has 4 aromatic heterocycles. The van der Waals surface area contributed by atoms with E-state index in [-0.39, 0.29) is 75.4 Å². The number of rotatable bonds is 21. The quantitative estimate of drug-likeness (QED) is 0.0320. The van der Waals surface area contributed by atoms with Crippen molar-refractivity contribution in [1.29, 1.82) is 0 Å². The molecule has 0 saturated carbocycles. The number of thioether (sulfide) groups is 1. The van der Waals surface area contributed by atoms with E-state index < -0.39 is 13.9 Å². The molecule has 4 amide bonds. The first-order valence-corrected chi connectivity index (χ1v) is 22.2. The summed E-state index contributed by atoms with van der Waals surface area (Å²) in [5.74, 6) is 0.606. The molecule has 2 aliphatic heterocycles. The van der Waals surface area contributed by atoms with E-state index in [1.165, 1.54) is 6.20 Å². The SMILES string of the molecule is O=C(CCCCC1SC[C@@H]2NC(=O)N[C@H]12)NCCNC(=O)c1ccc(CN(Cc2ccccn2)CC([O-])CN(Cc2ccccn2)Cc2ccccn2)nc1.O=P([O-])([O-])O.[Zn].[Zn]. The molecule has 2 saturated heterocycles. The Bertz CT molecular complexity index is 1930. The van der Waals surface area contributed by atoms with Gasteiger partial charge in [-0.2, -0.15) is 11.8 Å².